The molecule has 0 aliphatic carbocycles. The summed E-state index contributed by atoms with van der Waals surface area (Å²) in [4.78, 5) is 37.1. The predicted molar refractivity (Wildman–Crippen MR) is 93.5 cm³/mol. The predicted octanol–water partition coefficient (Wildman–Crippen LogP) is 1.53. The van der Waals surface area contributed by atoms with Crippen molar-refractivity contribution in [1.82, 2.24) is 10.2 Å². The van der Waals surface area contributed by atoms with Gasteiger partial charge in [-0.05, 0) is 45.4 Å². The fourth-order valence-corrected chi connectivity index (χ4v) is 2.03. The maximum Gasteiger partial charge on any atom is 0.338 e. The van der Waals surface area contributed by atoms with Crippen molar-refractivity contribution in [3.63, 3.8) is 0 Å². The van der Waals surface area contributed by atoms with Crippen molar-refractivity contribution in [1.29, 1.82) is 0 Å². The van der Waals surface area contributed by atoms with E-state index in [1.165, 1.54) is 19.1 Å². The number of hydrogen-bond donors (Lipinski definition) is 1. The molecule has 0 heterocycles. The lowest BCUT2D eigenvalue weighted by atomic mass is 10.1. The molecule has 7 nitrogen and oxygen atoms in total. The zero-order chi connectivity index (χ0) is 19.2. The zero-order valence-electron chi connectivity index (χ0n) is 15.6. The third-order valence-corrected chi connectivity index (χ3v) is 3.29. The molecule has 0 fully saturated rings. The number of likely N-dealkylation sites (N-methyl/N-ethyl adjacent to an activating group) is 1. The van der Waals surface area contributed by atoms with Crippen LogP contribution in [0.25, 0.3) is 0 Å². The average molecular weight is 350 g/mol. The van der Waals surface area contributed by atoms with E-state index >= 15 is 0 Å². The molecule has 1 N–H and O–H groups in total. The van der Waals surface area contributed by atoms with Crippen molar-refractivity contribution in [2.75, 3.05) is 27.3 Å². The molecule has 0 radical (unpaired) electrons. The van der Waals surface area contributed by atoms with E-state index in [2.05, 4.69) is 5.32 Å². The Labute approximate surface area is 148 Å². The van der Waals surface area contributed by atoms with Crippen molar-refractivity contribution in [2.45, 2.75) is 33.2 Å². The number of amides is 2. The molecule has 0 saturated heterocycles. The van der Waals surface area contributed by atoms with E-state index in [9.17, 15) is 14.4 Å². The molecule has 1 rings (SSSR count). The third kappa shape index (κ3) is 6.82. The molecule has 0 aliphatic rings. The minimum atomic E-state index is -0.626. The van der Waals surface area contributed by atoms with Crippen molar-refractivity contribution >= 4 is 17.8 Å². The summed E-state index contributed by atoms with van der Waals surface area (Å²) in [6.45, 7) is 6.87. The van der Waals surface area contributed by atoms with Crippen LogP contribution in [-0.4, -0.2) is 55.5 Å². The Bertz CT molecular complexity index is 649. The number of esters is 1. The number of carbonyl (C=O) groups is 3. The van der Waals surface area contributed by atoms with E-state index in [-0.39, 0.29) is 18.0 Å². The molecular weight excluding hydrogens is 324 g/mol. The van der Waals surface area contributed by atoms with Crippen LogP contribution in [0.1, 0.15) is 36.7 Å². The highest BCUT2D eigenvalue weighted by Crippen LogP contribution is 2.19. The van der Waals surface area contributed by atoms with Crippen LogP contribution in [0.5, 0.6) is 5.75 Å². The van der Waals surface area contributed by atoms with Crippen LogP contribution >= 0.6 is 0 Å². The molecule has 0 aliphatic heterocycles. The molecule has 7 heteroatoms. The molecule has 1 aromatic rings. The van der Waals surface area contributed by atoms with E-state index in [0.29, 0.717) is 11.3 Å². The fourth-order valence-electron chi connectivity index (χ4n) is 2.03. The SMILES string of the molecule is COc1cc(C(=O)OCC(=O)N(C)CC(=O)NC(C)(C)C)ccc1C. The number of methoxy groups -OCH3 is 1. The summed E-state index contributed by atoms with van der Waals surface area (Å²) in [5, 5.41) is 2.76. The highest BCUT2D eigenvalue weighted by atomic mass is 16.5. The van der Waals surface area contributed by atoms with Crippen LogP contribution < -0.4 is 10.1 Å². The number of nitrogens with one attached hydrogen (secondary N) is 1. The summed E-state index contributed by atoms with van der Waals surface area (Å²) >= 11 is 0. The maximum absolute atomic E-state index is 12.0. The maximum atomic E-state index is 12.0. The number of carbonyl (C=O) groups excluding carboxylic acids is 3. The first kappa shape index (κ1) is 20.5. The summed E-state index contributed by atoms with van der Waals surface area (Å²) in [6, 6.07) is 4.90. The normalized spacial score (nSPS) is 10.8. The lowest BCUT2D eigenvalue weighted by Gasteiger charge is -2.23. The molecule has 2 amide bonds. The minimum Gasteiger partial charge on any atom is -0.496 e. The Morgan fingerprint density at radius 1 is 1.20 bits per heavy atom. The van der Waals surface area contributed by atoms with Gasteiger partial charge in [-0.2, -0.15) is 0 Å². The molecule has 0 saturated carbocycles. The monoisotopic (exact) mass is 350 g/mol. The van der Waals surface area contributed by atoms with Gasteiger partial charge in [-0.25, -0.2) is 4.79 Å². The van der Waals surface area contributed by atoms with Gasteiger partial charge in [0.1, 0.15) is 5.75 Å². The molecule has 0 unspecified atom stereocenters. The summed E-state index contributed by atoms with van der Waals surface area (Å²) in [7, 11) is 2.99. The van der Waals surface area contributed by atoms with Gasteiger partial charge in [-0.1, -0.05) is 6.07 Å². The number of benzene rings is 1. The Balaban J connectivity index is 2.55. The molecule has 138 valence electrons. The van der Waals surface area contributed by atoms with Crippen LogP contribution in [0, 0.1) is 6.92 Å². The molecule has 0 spiro atoms. The first-order chi connectivity index (χ1) is 11.5. The Morgan fingerprint density at radius 3 is 2.40 bits per heavy atom. The van der Waals surface area contributed by atoms with Gasteiger partial charge in [0.15, 0.2) is 6.61 Å². The lowest BCUT2D eigenvalue weighted by Crippen LogP contribution is -2.46. The first-order valence-corrected chi connectivity index (χ1v) is 7.90. The number of ether oxygens (including phenoxy) is 2. The second-order valence-corrected chi connectivity index (χ2v) is 6.81. The van der Waals surface area contributed by atoms with E-state index in [1.54, 1.807) is 18.2 Å². The van der Waals surface area contributed by atoms with Crippen LogP contribution in [0.4, 0.5) is 0 Å². The van der Waals surface area contributed by atoms with E-state index < -0.39 is 18.5 Å². The summed E-state index contributed by atoms with van der Waals surface area (Å²) < 4.78 is 10.2. The van der Waals surface area contributed by atoms with Gasteiger partial charge >= 0.3 is 5.97 Å². The van der Waals surface area contributed by atoms with Crippen molar-refractivity contribution in [3.8, 4) is 5.75 Å². The van der Waals surface area contributed by atoms with Gasteiger partial charge < -0.3 is 19.7 Å². The van der Waals surface area contributed by atoms with Crippen LogP contribution in [0.15, 0.2) is 18.2 Å². The molecule has 0 aromatic heterocycles. The molecule has 1 aromatic carbocycles. The number of nitrogens with zero attached hydrogens (tertiary/aromatic N) is 1. The second-order valence-electron chi connectivity index (χ2n) is 6.81. The van der Waals surface area contributed by atoms with Gasteiger partial charge in [-0.3, -0.25) is 9.59 Å². The quantitative estimate of drug-likeness (QED) is 0.787. The van der Waals surface area contributed by atoms with Crippen molar-refractivity contribution in [3.05, 3.63) is 29.3 Å². The number of rotatable bonds is 6. The van der Waals surface area contributed by atoms with Crippen molar-refractivity contribution < 1.29 is 23.9 Å². The molecule has 25 heavy (non-hydrogen) atoms. The standard InChI is InChI=1S/C18H26N2O5/c1-12-7-8-13(9-14(12)24-6)17(23)25-11-16(22)20(5)10-15(21)19-18(2,3)4/h7-9H,10-11H2,1-6H3,(H,19,21). The largest absolute Gasteiger partial charge is 0.496 e. The minimum absolute atomic E-state index is 0.105. The smallest absolute Gasteiger partial charge is 0.338 e. The van der Waals surface area contributed by atoms with Crippen molar-refractivity contribution in [2.24, 2.45) is 0 Å². The summed E-state index contributed by atoms with van der Waals surface area (Å²) in [6.07, 6.45) is 0. The molecular formula is C18H26N2O5. The van der Waals surface area contributed by atoms with E-state index in [1.807, 2.05) is 27.7 Å². The fraction of sp³-hybridized carbons (Fsp3) is 0.500. The Morgan fingerprint density at radius 2 is 1.84 bits per heavy atom. The van der Waals surface area contributed by atoms with Gasteiger partial charge in [0.25, 0.3) is 5.91 Å². The lowest BCUT2D eigenvalue weighted by molar-refractivity contribution is -0.137. The Kier molecular flexibility index (Phi) is 6.97. The van der Waals surface area contributed by atoms with Gasteiger partial charge in [-0.15, -0.1) is 0 Å². The van der Waals surface area contributed by atoms with Gasteiger partial charge in [0.05, 0.1) is 19.2 Å². The van der Waals surface area contributed by atoms with Crippen LogP contribution in [0.2, 0.25) is 0 Å². The molecule has 0 bridgehead atoms. The zero-order valence-corrected chi connectivity index (χ0v) is 15.6. The Hall–Kier alpha value is -2.57. The topological polar surface area (TPSA) is 84.9 Å². The number of hydrogen-bond acceptors (Lipinski definition) is 5. The van der Waals surface area contributed by atoms with E-state index in [4.69, 9.17) is 9.47 Å². The number of aryl methyl sites for hydroxylation is 1. The molecule has 0 atom stereocenters. The summed E-state index contributed by atoms with van der Waals surface area (Å²) in [5.74, 6) is -0.801. The first-order valence-electron chi connectivity index (χ1n) is 7.90. The highest BCUT2D eigenvalue weighted by Gasteiger charge is 2.19. The van der Waals surface area contributed by atoms with Gasteiger partial charge in [0, 0.05) is 12.6 Å². The van der Waals surface area contributed by atoms with E-state index in [0.717, 1.165) is 5.56 Å². The van der Waals surface area contributed by atoms with Gasteiger partial charge in [0.2, 0.25) is 5.91 Å². The highest BCUT2D eigenvalue weighted by molar-refractivity contribution is 5.92. The summed E-state index contributed by atoms with van der Waals surface area (Å²) in [5.41, 5.74) is 0.806. The van der Waals surface area contributed by atoms with Crippen LogP contribution in [0.3, 0.4) is 0 Å². The third-order valence-electron chi connectivity index (χ3n) is 3.29. The van der Waals surface area contributed by atoms with Crippen LogP contribution in [-0.2, 0) is 14.3 Å². The average Bonchev–Trinajstić information content (AvgIpc) is 2.50. The second kappa shape index (κ2) is 8.50.